The van der Waals surface area contributed by atoms with Gasteiger partial charge in [-0.05, 0) is 13.8 Å². The van der Waals surface area contributed by atoms with E-state index in [0.29, 0.717) is 0 Å². The van der Waals surface area contributed by atoms with Crippen LogP contribution in [0.5, 0.6) is 0 Å². The normalized spacial score (nSPS) is 17.2. The van der Waals surface area contributed by atoms with Gasteiger partial charge in [-0.2, -0.15) is 0 Å². The van der Waals surface area contributed by atoms with Gasteiger partial charge in [-0.3, -0.25) is 14.5 Å². The zero-order valence-corrected chi connectivity index (χ0v) is 9.18. The molecule has 5 nitrogen and oxygen atoms in total. The molecular formula is C7H17N3O2S. The number of aliphatic hydroxyl groups excluding tert-OH is 1. The number of nitrogens with one attached hydrogen (secondary N) is 2. The summed E-state index contributed by atoms with van der Waals surface area (Å²) in [5, 5.41) is 15.0. The van der Waals surface area contributed by atoms with E-state index in [2.05, 4.69) is 15.6 Å². The van der Waals surface area contributed by atoms with Gasteiger partial charge in [0.15, 0.2) is 11.5 Å². The van der Waals surface area contributed by atoms with E-state index in [1.807, 2.05) is 13.8 Å². The van der Waals surface area contributed by atoms with Crippen molar-refractivity contribution in [2.24, 2.45) is 4.99 Å². The van der Waals surface area contributed by atoms with E-state index in [1.165, 1.54) is 13.3 Å². The van der Waals surface area contributed by atoms with E-state index >= 15 is 0 Å². The van der Waals surface area contributed by atoms with E-state index in [-0.39, 0.29) is 11.2 Å². The molecule has 0 aliphatic heterocycles. The Morgan fingerprint density at radius 1 is 1.54 bits per heavy atom. The summed E-state index contributed by atoms with van der Waals surface area (Å²) in [5.41, 5.74) is 0. The molecule has 0 fully saturated rings. The third kappa shape index (κ3) is 5.73. The highest BCUT2D eigenvalue weighted by Crippen LogP contribution is 1.83. The summed E-state index contributed by atoms with van der Waals surface area (Å²) >= 11 is 0. The van der Waals surface area contributed by atoms with Crippen LogP contribution in [0.4, 0.5) is 0 Å². The lowest BCUT2D eigenvalue weighted by molar-refractivity contribution is 0.114. The highest BCUT2D eigenvalue weighted by molar-refractivity contribution is 7.99. The van der Waals surface area contributed by atoms with Gasteiger partial charge < -0.3 is 10.4 Å². The molecule has 6 heteroatoms. The summed E-state index contributed by atoms with van der Waals surface area (Å²) in [4.78, 5) is 3.74. The standard InChI is InChI=1S/C7H17N3O2S/c1-5(2)9-6(11)10-7(8-3)13(4)12/h5-6,9,11H,1-4H3,(H,8,10). The lowest BCUT2D eigenvalue weighted by Crippen LogP contribution is -2.48. The molecule has 3 N–H and O–H groups in total. The Bertz CT molecular complexity index is 206. The second kappa shape index (κ2) is 6.06. The fourth-order valence-corrected chi connectivity index (χ4v) is 1.29. The van der Waals surface area contributed by atoms with Crippen LogP contribution in [0, 0.1) is 0 Å². The molecule has 0 saturated heterocycles. The van der Waals surface area contributed by atoms with Crippen LogP contribution in [0.25, 0.3) is 0 Å². The maximum absolute atomic E-state index is 11.0. The number of rotatable bonds is 3. The summed E-state index contributed by atoms with van der Waals surface area (Å²) in [6, 6.07) is 0.144. The van der Waals surface area contributed by atoms with Gasteiger partial charge in [0.1, 0.15) is 0 Å². The molecule has 0 aliphatic rings. The van der Waals surface area contributed by atoms with Crippen molar-refractivity contribution in [3.05, 3.63) is 0 Å². The molecule has 2 atom stereocenters. The Hall–Kier alpha value is -0.460. The van der Waals surface area contributed by atoms with Crippen molar-refractivity contribution in [1.29, 1.82) is 0 Å². The monoisotopic (exact) mass is 207 g/mol. The minimum Gasteiger partial charge on any atom is -0.361 e. The van der Waals surface area contributed by atoms with Crippen molar-refractivity contribution in [2.75, 3.05) is 13.3 Å². The molecule has 0 bridgehead atoms. The molecule has 0 aliphatic carbocycles. The van der Waals surface area contributed by atoms with E-state index in [9.17, 15) is 9.32 Å². The summed E-state index contributed by atoms with van der Waals surface area (Å²) in [5.74, 6) is 0. The van der Waals surface area contributed by atoms with Crippen LogP contribution in [0.3, 0.4) is 0 Å². The number of aliphatic imine (C=N–C) groups is 1. The fourth-order valence-electron chi connectivity index (χ4n) is 0.750. The Morgan fingerprint density at radius 2 is 2.08 bits per heavy atom. The van der Waals surface area contributed by atoms with Crippen molar-refractivity contribution >= 4 is 16.0 Å². The van der Waals surface area contributed by atoms with Crippen molar-refractivity contribution < 1.29 is 9.32 Å². The molecule has 0 aromatic rings. The van der Waals surface area contributed by atoms with Crippen molar-refractivity contribution in [2.45, 2.75) is 26.2 Å². The summed E-state index contributed by atoms with van der Waals surface area (Å²) in [7, 11) is 0.320. The summed E-state index contributed by atoms with van der Waals surface area (Å²) in [6.45, 7) is 3.80. The predicted octanol–water partition coefficient (Wildman–Crippen LogP) is -0.786. The van der Waals surface area contributed by atoms with E-state index in [0.717, 1.165) is 0 Å². The van der Waals surface area contributed by atoms with E-state index < -0.39 is 17.2 Å². The van der Waals surface area contributed by atoms with Gasteiger partial charge in [0.05, 0.1) is 10.8 Å². The second-order valence-corrected chi connectivity index (χ2v) is 4.15. The molecule has 13 heavy (non-hydrogen) atoms. The topological polar surface area (TPSA) is 73.7 Å². The lowest BCUT2D eigenvalue weighted by Gasteiger charge is -2.17. The van der Waals surface area contributed by atoms with Gasteiger partial charge in [-0.1, -0.05) is 0 Å². The van der Waals surface area contributed by atoms with Crippen molar-refractivity contribution in [3.8, 4) is 0 Å². The van der Waals surface area contributed by atoms with Crippen LogP contribution in [0.15, 0.2) is 4.99 Å². The Kier molecular flexibility index (Phi) is 5.85. The van der Waals surface area contributed by atoms with Gasteiger partial charge in [-0.15, -0.1) is 0 Å². The first-order valence-corrected chi connectivity index (χ1v) is 5.54. The van der Waals surface area contributed by atoms with E-state index in [4.69, 9.17) is 0 Å². The average molecular weight is 207 g/mol. The average Bonchev–Trinajstić information content (AvgIpc) is 1.98. The van der Waals surface area contributed by atoms with E-state index in [1.54, 1.807) is 0 Å². The highest BCUT2D eigenvalue weighted by Gasteiger charge is 2.09. The zero-order chi connectivity index (χ0) is 10.4. The minimum atomic E-state index is -1.20. The molecule has 78 valence electrons. The number of hydrogen-bond acceptors (Lipinski definition) is 4. The number of amidine groups is 1. The smallest absolute Gasteiger partial charge is 0.190 e. The molecule has 0 radical (unpaired) electrons. The quantitative estimate of drug-likeness (QED) is 0.322. The van der Waals surface area contributed by atoms with Crippen LogP contribution in [-0.2, 0) is 10.8 Å². The summed E-state index contributed by atoms with van der Waals surface area (Å²) in [6.07, 6.45) is 0.583. The van der Waals surface area contributed by atoms with Gasteiger partial charge in [0.2, 0.25) is 0 Å². The maximum atomic E-state index is 11.0. The zero-order valence-electron chi connectivity index (χ0n) is 8.37. The molecule has 0 saturated carbocycles. The molecule has 0 heterocycles. The first-order chi connectivity index (χ1) is 5.97. The largest absolute Gasteiger partial charge is 0.361 e. The minimum absolute atomic E-state index is 0.144. The van der Waals surface area contributed by atoms with Crippen LogP contribution in [0.1, 0.15) is 13.8 Å². The number of nitrogens with zero attached hydrogens (tertiary/aromatic N) is 1. The Labute approximate surface area is 81.1 Å². The van der Waals surface area contributed by atoms with Crippen LogP contribution in [-0.4, -0.2) is 40.2 Å². The van der Waals surface area contributed by atoms with Crippen molar-refractivity contribution in [1.82, 2.24) is 10.6 Å². The first-order valence-electron chi connectivity index (χ1n) is 3.98. The molecule has 0 amide bonds. The van der Waals surface area contributed by atoms with Gasteiger partial charge in [-0.25, -0.2) is 0 Å². The SMILES string of the molecule is CN=C(NC(O)NC(C)C)S(C)=O. The second-order valence-electron chi connectivity index (χ2n) is 2.85. The third-order valence-electron chi connectivity index (χ3n) is 1.23. The molecule has 2 unspecified atom stereocenters. The third-order valence-corrected chi connectivity index (χ3v) is 2.07. The Balaban J connectivity index is 4.03. The van der Waals surface area contributed by atoms with Crippen molar-refractivity contribution in [3.63, 3.8) is 0 Å². The van der Waals surface area contributed by atoms with Crippen LogP contribution >= 0.6 is 0 Å². The molecule has 0 spiro atoms. The van der Waals surface area contributed by atoms with Gasteiger partial charge in [0, 0.05) is 19.3 Å². The molecule has 0 aromatic heterocycles. The Morgan fingerprint density at radius 3 is 2.38 bits per heavy atom. The van der Waals surface area contributed by atoms with Gasteiger partial charge >= 0.3 is 0 Å². The van der Waals surface area contributed by atoms with Crippen LogP contribution < -0.4 is 10.6 Å². The summed E-state index contributed by atoms with van der Waals surface area (Å²) < 4.78 is 11.0. The first kappa shape index (κ1) is 12.5. The predicted molar refractivity (Wildman–Crippen MR) is 54.8 cm³/mol. The van der Waals surface area contributed by atoms with Gasteiger partial charge in [0.25, 0.3) is 0 Å². The lowest BCUT2D eigenvalue weighted by atomic mass is 10.4. The molecular weight excluding hydrogens is 190 g/mol. The number of hydrogen-bond donors (Lipinski definition) is 3. The molecule has 0 rings (SSSR count). The fraction of sp³-hybridized carbons (Fsp3) is 0.857. The molecule has 0 aromatic carbocycles. The maximum Gasteiger partial charge on any atom is 0.190 e. The highest BCUT2D eigenvalue weighted by atomic mass is 32.2. The number of aliphatic hydroxyl groups is 1. The van der Waals surface area contributed by atoms with Crippen LogP contribution in [0.2, 0.25) is 0 Å².